The Morgan fingerprint density at radius 3 is 2.57 bits per heavy atom. The van der Waals surface area contributed by atoms with E-state index in [4.69, 9.17) is 4.74 Å². The van der Waals surface area contributed by atoms with Gasteiger partial charge in [0.05, 0.1) is 19.3 Å². The fourth-order valence-corrected chi connectivity index (χ4v) is 3.38. The van der Waals surface area contributed by atoms with E-state index in [0.717, 1.165) is 44.7 Å². The van der Waals surface area contributed by atoms with Crippen LogP contribution in [0.2, 0.25) is 0 Å². The summed E-state index contributed by atoms with van der Waals surface area (Å²) in [6.45, 7) is 10.2. The lowest BCUT2D eigenvalue weighted by Gasteiger charge is -2.37. The third kappa shape index (κ3) is 5.05. The molecule has 2 rings (SSSR count). The van der Waals surface area contributed by atoms with Gasteiger partial charge in [-0.2, -0.15) is 0 Å². The summed E-state index contributed by atoms with van der Waals surface area (Å²) in [6.07, 6.45) is 2.05. The molecule has 0 aromatic heterocycles. The molecule has 0 spiro atoms. The van der Waals surface area contributed by atoms with Gasteiger partial charge in [-0.05, 0) is 18.4 Å². The van der Waals surface area contributed by atoms with Gasteiger partial charge in [0.25, 0.3) is 0 Å². The number of aryl methyl sites for hydroxylation is 1. The van der Waals surface area contributed by atoms with E-state index in [1.54, 1.807) is 0 Å². The van der Waals surface area contributed by atoms with Gasteiger partial charge in [-0.25, -0.2) is 0 Å². The topological polar surface area (TPSA) is 41.6 Å². The monoisotopic (exact) mass is 318 g/mol. The highest BCUT2D eigenvalue weighted by atomic mass is 16.5. The lowest BCUT2D eigenvalue weighted by molar-refractivity contribution is -0.131. The maximum atomic E-state index is 12.9. The van der Waals surface area contributed by atoms with Crippen molar-refractivity contribution in [2.45, 2.75) is 46.2 Å². The quantitative estimate of drug-likeness (QED) is 0.840. The third-order valence-corrected chi connectivity index (χ3v) is 4.75. The van der Waals surface area contributed by atoms with Crippen molar-refractivity contribution in [2.24, 2.45) is 5.92 Å². The largest absolute Gasteiger partial charge is 0.379 e. The number of hydrogen-bond donors (Lipinski definition) is 1. The highest BCUT2D eigenvalue weighted by molar-refractivity contribution is 5.82. The molecule has 0 radical (unpaired) electrons. The first-order valence-corrected chi connectivity index (χ1v) is 8.80. The Balaban J connectivity index is 2.03. The number of carbonyl (C=O) groups is 1. The average molecular weight is 318 g/mol. The summed E-state index contributed by atoms with van der Waals surface area (Å²) in [5.41, 5.74) is 2.38. The number of amides is 1. The van der Waals surface area contributed by atoms with Crippen molar-refractivity contribution in [1.29, 1.82) is 0 Å². The summed E-state index contributed by atoms with van der Waals surface area (Å²) in [6, 6.07) is 8.26. The Labute approximate surface area is 140 Å². The summed E-state index contributed by atoms with van der Waals surface area (Å²) in [4.78, 5) is 15.2. The summed E-state index contributed by atoms with van der Waals surface area (Å²) in [5, 5.41) is 3.15. The van der Waals surface area contributed by atoms with Gasteiger partial charge < -0.3 is 10.1 Å². The fourth-order valence-electron chi connectivity index (χ4n) is 3.38. The van der Waals surface area contributed by atoms with E-state index in [1.807, 2.05) is 6.07 Å². The van der Waals surface area contributed by atoms with Crippen LogP contribution < -0.4 is 5.32 Å². The molecule has 1 atom stereocenters. The number of nitrogens with one attached hydrogen (secondary N) is 1. The molecule has 1 heterocycles. The maximum absolute atomic E-state index is 12.9. The second kappa shape index (κ2) is 9.04. The molecule has 0 bridgehead atoms. The molecule has 4 nitrogen and oxygen atoms in total. The van der Waals surface area contributed by atoms with Crippen LogP contribution in [0.25, 0.3) is 0 Å². The number of nitrogens with zero attached hydrogens (tertiary/aromatic N) is 1. The second-order valence-corrected chi connectivity index (χ2v) is 6.38. The van der Waals surface area contributed by atoms with Crippen LogP contribution in [0.3, 0.4) is 0 Å². The van der Waals surface area contributed by atoms with E-state index < -0.39 is 0 Å². The average Bonchev–Trinajstić information content (AvgIpc) is 2.58. The van der Waals surface area contributed by atoms with Crippen LogP contribution in [-0.4, -0.2) is 43.2 Å². The maximum Gasteiger partial charge on any atom is 0.237 e. The van der Waals surface area contributed by atoms with Crippen LogP contribution in [0, 0.1) is 12.8 Å². The van der Waals surface area contributed by atoms with Gasteiger partial charge in [0.1, 0.15) is 0 Å². The molecular formula is C19H30N2O2. The Morgan fingerprint density at radius 2 is 1.96 bits per heavy atom. The van der Waals surface area contributed by atoms with Crippen LogP contribution >= 0.6 is 0 Å². The van der Waals surface area contributed by atoms with E-state index in [9.17, 15) is 4.79 Å². The van der Waals surface area contributed by atoms with Gasteiger partial charge >= 0.3 is 0 Å². The molecule has 1 aromatic rings. The highest BCUT2D eigenvalue weighted by Gasteiger charge is 2.32. The molecule has 1 aliphatic heterocycles. The Morgan fingerprint density at radius 1 is 1.26 bits per heavy atom. The van der Waals surface area contributed by atoms with Crippen molar-refractivity contribution in [1.82, 2.24) is 10.2 Å². The first kappa shape index (κ1) is 18.0. The number of morpholine rings is 1. The second-order valence-electron chi connectivity index (χ2n) is 6.38. The molecule has 0 aliphatic carbocycles. The van der Waals surface area contributed by atoms with Crippen LogP contribution in [-0.2, 0) is 16.1 Å². The summed E-state index contributed by atoms with van der Waals surface area (Å²) >= 11 is 0. The first-order valence-electron chi connectivity index (χ1n) is 8.80. The zero-order chi connectivity index (χ0) is 16.7. The molecule has 0 saturated carbocycles. The third-order valence-electron chi connectivity index (χ3n) is 4.75. The van der Waals surface area contributed by atoms with Gasteiger partial charge in [-0.15, -0.1) is 0 Å². The Bertz CT molecular complexity index is 494. The van der Waals surface area contributed by atoms with Gasteiger partial charge in [0, 0.05) is 19.6 Å². The first-order chi connectivity index (χ1) is 11.2. The molecule has 1 N–H and O–H groups in total. The van der Waals surface area contributed by atoms with Gasteiger partial charge in [0.15, 0.2) is 0 Å². The Hall–Kier alpha value is -1.39. The molecule has 128 valence electrons. The van der Waals surface area contributed by atoms with Gasteiger partial charge in [0.2, 0.25) is 5.91 Å². The predicted octanol–water partition coefficient (Wildman–Crippen LogP) is 2.75. The molecule has 1 aliphatic rings. The van der Waals surface area contributed by atoms with Crippen molar-refractivity contribution in [3.63, 3.8) is 0 Å². The molecule has 4 heteroatoms. The van der Waals surface area contributed by atoms with Crippen molar-refractivity contribution >= 4 is 5.91 Å². The van der Waals surface area contributed by atoms with Crippen LogP contribution in [0.5, 0.6) is 0 Å². The van der Waals surface area contributed by atoms with Gasteiger partial charge in [-0.3, -0.25) is 9.69 Å². The summed E-state index contributed by atoms with van der Waals surface area (Å²) in [7, 11) is 0. The van der Waals surface area contributed by atoms with E-state index in [2.05, 4.69) is 49.2 Å². The lowest BCUT2D eigenvalue weighted by atomic mass is 9.91. The van der Waals surface area contributed by atoms with Crippen LogP contribution in [0.1, 0.15) is 37.8 Å². The molecule has 1 aromatic carbocycles. The molecular weight excluding hydrogens is 288 g/mol. The highest BCUT2D eigenvalue weighted by Crippen LogP contribution is 2.20. The minimum Gasteiger partial charge on any atom is -0.379 e. The number of carbonyl (C=O) groups excluding carboxylic acids is 1. The van der Waals surface area contributed by atoms with E-state index >= 15 is 0 Å². The summed E-state index contributed by atoms with van der Waals surface area (Å²) in [5.74, 6) is 0.549. The molecule has 0 unspecified atom stereocenters. The van der Waals surface area contributed by atoms with Crippen molar-refractivity contribution in [3.05, 3.63) is 35.4 Å². The predicted molar refractivity (Wildman–Crippen MR) is 93.3 cm³/mol. The number of rotatable bonds is 7. The number of benzene rings is 1. The van der Waals surface area contributed by atoms with E-state index in [-0.39, 0.29) is 11.9 Å². The van der Waals surface area contributed by atoms with Crippen LogP contribution in [0.15, 0.2) is 24.3 Å². The summed E-state index contributed by atoms with van der Waals surface area (Å²) < 4.78 is 5.45. The fraction of sp³-hybridized carbons (Fsp3) is 0.632. The normalized spacial score (nSPS) is 17.2. The van der Waals surface area contributed by atoms with E-state index in [1.165, 1.54) is 5.56 Å². The minimum atomic E-state index is -0.0429. The van der Waals surface area contributed by atoms with Crippen molar-refractivity contribution < 1.29 is 9.53 Å². The zero-order valence-corrected chi connectivity index (χ0v) is 14.7. The SMILES string of the molecule is CCC(CC)[C@H](C(=O)NCc1cccc(C)c1)N1CCOCC1. The van der Waals surface area contributed by atoms with Gasteiger partial charge in [-0.1, -0.05) is 56.5 Å². The number of ether oxygens (including phenoxy) is 1. The van der Waals surface area contributed by atoms with Crippen molar-refractivity contribution in [3.8, 4) is 0 Å². The lowest BCUT2D eigenvalue weighted by Crippen LogP contribution is -2.54. The zero-order valence-electron chi connectivity index (χ0n) is 14.7. The smallest absolute Gasteiger partial charge is 0.237 e. The van der Waals surface area contributed by atoms with Crippen LogP contribution in [0.4, 0.5) is 0 Å². The number of hydrogen-bond acceptors (Lipinski definition) is 3. The van der Waals surface area contributed by atoms with Crippen molar-refractivity contribution in [2.75, 3.05) is 26.3 Å². The minimum absolute atomic E-state index is 0.0429. The molecule has 1 fully saturated rings. The van der Waals surface area contributed by atoms with E-state index in [0.29, 0.717) is 12.5 Å². The molecule has 1 saturated heterocycles. The Kier molecular flexibility index (Phi) is 7.06. The molecule has 1 amide bonds. The standard InChI is InChI=1S/C19H30N2O2/c1-4-17(5-2)18(21-9-11-23-12-10-21)19(22)20-14-16-8-6-7-15(3)13-16/h6-8,13,17-18H,4-5,9-12,14H2,1-3H3,(H,20,22)/t18-/m1/s1. The molecule has 23 heavy (non-hydrogen) atoms.